The first-order valence-corrected chi connectivity index (χ1v) is 10.4. The molecule has 0 saturated heterocycles. The summed E-state index contributed by atoms with van der Waals surface area (Å²) in [6, 6.07) is 0. The summed E-state index contributed by atoms with van der Waals surface area (Å²) < 4.78 is 111. The third kappa shape index (κ3) is 11.8. The fraction of sp³-hybridized carbons (Fsp3) is 1.00. The molecular weight excluding hydrogens is 456 g/mol. The van der Waals surface area contributed by atoms with Crippen molar-refractivity contribution in [2.24, 2.45) is 0 Å². The van der Waals surface area contributed by atoms with Crippen molar-refractivity contribution in [1.82, 2.24) is 0 Å². The molecule has 0 aliphatic rings. The molecule has 0 bridgehead atoms. The quantitative estimate of drug-likeness (QED) is 0.615. The maximum absolute atomic E-state index is 11.3. The van der Waals surface area contributed by atoms with Gasteiger partial charge in [-0.2, -0.15) is 43.9 Å². The second-order valence-electron chi connectivity index (χ2n) is 2.79. The topological polar surface area (TPSA) is 40.5 Å². The minimum atomic E-state index is -5.64. The van der Waals surface area contributed by atoms with Crippen LogP contribution in [0.1, 0.15) is 0 Å². The molecule has 0 unspecified atom stereocenters. The van der Waals surface area contributed by atoms with Gasteiger partial charge in [-0.3, -0.25) is 0 Å². The van der Waals surface area contributed by atoms with Gasteiger partial charge in [0.2, 0.25) is 0 Å². The third-order valence-electron chi connectivity index (χ3n) is 1.23. The van der Waals surface area contributed by atoms with Crippen molar-refractivity contribution >= 4 is 17.0 Å². The molecule has 2 nitrogen and oxygen atoms in total. The average Bonchev–Trinajstić information content (AvgIpc) is 2.28. The first-order chi connectivity index (χ1) is 9.04. The van der Waals surface area contributed by atoms with Crippen molar-refractivity contribution in [1.29, 1.82) is 0 Å². The summed E-state index contributed by atoms with van der Waals surface area (Å²) >= 11 is -0.826. The van der Waals surface area contributed by atoms with Gasteiger partial charge < -0.3 is 10.2 Å². The summed E-state index contributed by atoms with van der Waals surface area (Å²) in [5.41, 5.74) is 0. The van der Waals surface area contributed by atoms with E-state index in [1.807, 2.05) is 0 Å². The standard InChI is InChI=1S/2C3H3F5O.2ClH.Zr/c2*4-2(5,1-9)3(6,7)8;;;/h2*9H,1H2;2*1H;/q;;;;+2/p-2. The number of hydrogen-bond donors (Lipinski definition) is 2. The van der Waals surface area contributed by atoms with Crippen LogP contribution in [0.2, 0.25) is 0 Å². The fourth-order valence-corrected chi connectivity index (χ4v) is 0.179. The zero-order valence-electron chi connectivity index (χ0n) is 9.34. The van der Waals surface area contributed by atoms with Gasteiger partial charge in [-0.1, -0.05) is 0 Å². The van der Waals surface area contributed by atoms with Crippen LogP contribution in [-0.2, 0) is 20.8 Å². The molecule has 0 aromatic rings. The molecule has 0 aliphatic heterocycles. The molecule has 0 saturated carbocycles. The van der Waals surface area contributed by atoms with Crippen LogP contribution in [0.25, 0.3) is 0 Å². The first kappa shape index (κ1) is 26.6. The van der Waals surface area contributed by atoms with Crippen molar-refractivity contribution in [2.75, 3.05) is 13.2 Å². The predicted molar refractivity (Wildman–Crippen MR) is 47.9 cm³/mol. The zero-order valence-corrected chi connectivity index (χ0v) is 13.3. The fourth-order valence-electron chi connectivity index (χ4n) is 0.179. The molecule has 0 radical (unpaired) electrons. The Bertz CT molecular complexity index is 243. The van der Waals surface area contributed by atoms with Gasteiger partial charge in [0.15, 0.2) is 0 Å². The second kappa shape index (κ2) is 10.5. The van der Waals surface area contributed by atoms with Gasteiger partial charge in [0.1, 0.15) is 13.2 Å². The maximum atomic E-state index is 11.3. The Morgan fingerprint density at radius 3 is 0.762 bits per heavy atom. The molecule has 2 N–H and O–H groups in total. The van der Waals surface area contributed by atoms with E-state index in [0.29, 0.717) is 0 Å². The number of aliphatic hydroxyl groups is 2. The van der Waals surface area contributed by atoms with Gasteiger partial charge >= 0.3 is 62.1 Å². The summed E-state index contributed by atoms with van der Waals surface area (Å²) in [4.78, 5) is 0. The van der Waals surface area contributed by atoms with Crippen molar-refractivity contribution in [3.63, 3.8) is 0 Å². The number of alkyl halides is 10. The van der Waals surface area contributed by atoms with E-state index in [9.17, 15) is 43.9 Å². The molecular formula is C6H6Cl2F10O2Zr. The molecule has 0 rings (SSSR count). The van der Waals surface area contributed by atoms with E-state index in [4.69, 9.17) is 27.2 Å². The van der Waals surface area contributed by atoms with Crippen LogP contribution in [-0.4, -0.2) is 47.6 Å². The van der Waals surface area contributed by atoms with E-state index < -0.39 is 58.3 Å². The summed E-state index contributed by atoms with van der Waals surface area (Å²) in [6.07, 6.45) is -11.3. The molecule has 0 atom stereocenters. The normalized spacial score (nSPS) is 12.7. The molecule has 0 fully saturated rings. The zero-order chi connectivity index (χ0) is 18.1. The Labute approximate surface area is 129 Å². The Hall–Kier alpha value is 0.683. The number of aliphatic hydroxyl groups excluding tert-OH is 2. The van der Waals surface area contributed by atoms with Crippen LogP contribution in [0.15, 0.2) is 0 Å². The van der Waals surface area contributed by atoms with E-state index in [1.54, 1.807) is 0 Å². The van der Waals surface area contributed by atoms with Crippen LogP contribution in [0.3, 0.4) is 0 Å². The van der Waals surface area contributed by atoms with Crippen LogP contribution in [0.5, 0.6) is 0 Å². The van der Waals surface area contributed by atoms with Gasteiger partial charge in [-0.25, -0.2) is 0 Å². The van der Waals surface area contributed by atoms with Gasteiger partial charge in [-0.05, 0) is 0 Å². The molecule has 0 aliphatic carbocycles. The van der Waals surface area contributed by atoms with E-state index >= 15 is 0 Å². The monoisotopic (exact) mass is 460 g/mol. The molecule has 0 aromatic carbocycles. The number of rotatable bonds is 2. The van der Waals surface area contributed by atoms with Crippen molar-refractivity contribution in [3.05, 3.63) is 0 Å². The SMILES string of the molecule is OCC(F)(F)C(F)(F)F.OCC(F)(F)C(F)(F)F.[Cl][Zr][Cl]. The van der Waals surface area contributed by atoms with Gasteiger partial charge in [0.25, 0.3) is 0 Å². The van der Waals surface area contributed by atoms with Crippen LogP contribution >= 0.6 is 17.0 Å². The third-order valence-corrected chi connectivity index (χ3v) is 1.23. The molecule has 15 heteroatoms. The first-order valence-electron chi connectivity index (χ1n) is 4.11. The summed E-state index contributed by atoms with van der Waals surface area (Å²) in [7, 11) is 9.87. The minimum absolute atomic E-state index is 0.826. The molecule has 0 aromatic heterocycles. The van der Waals surface area contributed by atoms with Crippen LogP contribution < -0.4 is 0 Å². The van der Waals surface area contributed by atoms with Gasteiger partial charge in [0.05, 0.1) is 0 Å². The molecule has 0 spiro atoms. The average molecular weight is 462 g/mol. The summed E-state index contributed by atoms with van der Waals surface area (Å²) in [5.74, 6) is -9.93. The van der Waals surface area contributed by atoms with Crippen molar-refractivity contribution in [2.45, 2.75) is 24.2 Å². The van der Waals surface area contributed by atoms with E-state index in [2.05, 4.69) is 0 Å². The predicted octanol–water partition coefficient (Wildman–Crippen LogP) is 3.73. The molecule has 0 heterocycles. The van der Waals surface area contributed by atoms with E-state index in [0.717, 1.165) is 0 Å². The number of hydrogen-bond acceptors (Lipinski definition) is 2. The Morgan fingerprint density at radius 2 is 0.762 bits per heavy atom. The Morgan fingerprint density at radius 1 is 0.619 bits per heavy atom. The molecule has 0 amide bonds. The second-order valence-corrected chi connectivity index (χ2v) is 6.52. The van der Waals surface area contributed by atoms with E-state index in [1.165, 1.54) is 0 Å². The molecule has 21 heavy (non-hydrogen) atoms. The number of halogens is 12. The van der Waals surface area contributed by atoms with Crippen LogP contribution in [0, 0.1) is 0 Å². The Kier molecular flexibility index (Phi) is 13.2. The van der Waals surface area contributed by atoms with Gasteiger partial charge in [0, 0.05) is 0 Å². The van der Waals surface area contributed by atoms with Crippen LogP contribution in [0.4, 0.5) is 43.9 Å². The summed E-state index contributed by atoms with van der Waals surface area (Å²) in [5, 5.41) is 14.9. The van der Waals surface area contributed by atoms with Crippen molar-refractivity contribution < 1.29 is 75.0 Å². The summed E-state index contributed by atoms with van der Waals surface area (Å²) in [6.45, 7) is -4.40. The Balaban J connectivity index is -0.000000260. The van der Waals surface area contributed by atoms with Crippen molar-refractivity contribution in [3.8, 4) is 0 Å². The van der Waals surface area contributed by atoms with E-state index in [-0.39, 0.29) is 0 Å². The molecule has 130 valence electrons. The van der Waals surface area contributed by atoms with Gasteiger partial charge in [-0.15, -0.1) is 0 Å².